The summed E-state index contributed by atoms with van der Waals surface area (Å²) in [7, 11) is -3.94. The Morgan fingerprint density at radius 3 is 1.51 bits per heavy atom. The molecule has 4 heterocycles. The van der Waals surface area contributed by atoms with Gasteiger partial charge in [-0.2, -0.15) is 0 Å². The van der Waals surface area contributed by atoms with Crippen molar-refractivity contribution in [3.63, 3.8) is 0 Å². The Kier molecular flexibility index (Phi) is 16.5. The average Bonchev–Trinajstić information content (AvgIpc) is 3.78. The SMILES string of the molecule is CCCCCCCCc1cc(-c2sc(-c3cc(CCCCCCCC)c(Br)s3)c3c2C(=O)N(CCCCCCCC)S3(=O)=O)sc1Br. The molecule has 0 atom stereocenters. The number of carbonyl (C=O) groups excluding carboxylic acids is 1. The fourth-order valence-corrected chi connectivity index (χ4v) is 13.6. The largest absolute Gasteiger partial charge is 0.270 e. The molecule has 0 bridgehead atoms. The summed E-state index contributed by atoms with van der Waals surface area (Å²) in [6.45, 7) is 6.93. The maximum atomic E-state index is 14.2. The van der Waals surface area contributed by atoms with Crippen LogP contribution in [0.4, 0.5) is 0 Å². The van der Waals surface area contributed by atoms with Crippen molar-refractivity contribution in [1.82, 2.24) is 4.31 Å². The van der Waals surface area contributed by atoms with Gasteiger partial charge in [0.05, 0.1) is 22.9 Å². The number of aryl methyl sites for hydroxylation is 2. The minimum absolute atomic E-state index is 0.232. The van der Waals surface area contributed by atoms with Gasteiger partial charge in [-0.1, -0.05) is 117 Å². The zero-order chi connectivity index (χ0) is 33.8. The van der Waals surface area contributed by atoms with Crippen LogP contribution in [0.25, 0.3) is 19.5 Å². The van der Waals surface area contributed by atoms with Crippen molar-refractivity contribution in [3.8, 4) is 19.5 Å². The fourth-order valence-electron chi connectivity index (χ4n) is 6.36. The molecule has 1 amide bonds. The molecule has 0 N–H and O–H groups in total. The third kappa shape index (κ3) is 10.3. The molecule has 0 saturated carbocycles. The molecule has 0 aliphatic carbocycles. The highest BCUT2D eigenvalue weighted by molar-refractivity contribution is 9.11. The van der Waals surface area contributed by atoms with E-state index in [1.54, 1.807) is 22.7 Å². The second kappa shape index (κ2) is 19.8. The van der Waals surface area contributed by atoms with E-state index in [9.17, 15) is 13.2 Å². The molecule has 3 aromatic heterocycles. The molecule has 0 radical (unpaired) electrons. The first-order valence-electron chi connectivity index (χ1n) is 18.0. The minimum atomic E-state index is -3.94. The summed E-state index contributed by atoms with van der Waals surface area (Å²) in [5, 5.41) is 0. The molecule has 0 unspecified atom stereocenters. The number of halogens is 2. The van der Waals surface area contributed by atoms with E-state index in [-0.39, 0.29) is 17.3 Å². The number of hydrogen-bond donors (Lipinski definition) is 0. The molecule has 3 aromatic rings. The molecule has 47 heavy (non-hydrogen) atoms. The van der Waals surface area contributed by atoms with E-state index in [0.29, 0.717) is 12.0 Å². The van der Waals surface area contributed by atoms with Crippen LogP contribution in [0.1, 0.15) is 158 Å². The number of fused-ring (bicyclic) bond motifs is 1. The second-order valence-corrected chi connectivity index (χ2v) is 20.5. The molecule has 4 rings (SSSR count). The van der Waals surface area contributed by atoms with Crippen molar-refractivity contribution in [2.45, 2.75) is 154 Å². The Labute approximate surface area is 313 Å². The Morgan fingerprint density at radius 1 is 0.596 bits per heavy atom. The van der Waals surface area contributed by atoms with Gasteiger partial charge in [0.2, 0.25) is 0 Å². The van der Waals surface area contributed by atoms with Crippen molar-refractivity contribution in [3.05, 3.63) is 36.4 Å². The van der Waals surface area contributed by atoms with E-state index >= 15 is 0 Å². The molecular weight excluding hydrogens is 794 g/mol. The van der Waals surface area contributed by atoms with Crippen molar-refractivity contribution in [2.24, 2.45) is 0 Å². The number of hydrogen-bond acceptors (Lipinski definition) is 6. The van der Waals surface area contributed by atoms with Crippen LogP contribution in [0.3, 0.4) is 0 Å². The highest BCUT2D eigenvalue weighted by Gasteiger charge is 2.47. The zero-order valence-electron chi connectivity index (χ0n) is 28.6. The summed E-state index contributed by atoms with van der Waals surface area (Å²) in [6.07, 6.45) is 23.1. The van der Waals surface area contributed by atoms with Gasteiger partial charge in [0.25, 0.3) is 15.9 Å². The van der Waals surface area contributed by atoms with Gasteiger partial charge in [-0.3, -0.25) is 4.79 Å². The van der Waals surface area contributed by atoms with E-state index in [2.05, 4.69) is 64.8 Å². The Balaban J connectivity index is 1.62. The summed E-state index contributed by atoms with van der Waals surface area (Å²) < 4.78 is 31.7. The first kappa shape index (κ1) is 39.3. The van der Waals surface area contributed by atoms with Gasteiger partial charge in [0.1, 0.15) is 4.90 Å². The highest BCUT2D eigenvalue weighted by Crippen LogP contribution is 2.53. The maximum Gasteiger partial charge on any atom is 0.270 e. The Hall–Kier alpha value is -0.520. The zero-order valence-corrected chi connectivity index (χ0v) is 35.0. The molecule has 0 spiro atoms. The predicted octanol–water partition coefficient (Wildman–Crippen LogP) is 14.0. The summed E-state index contributed by atoms with van der Waals surface area (Å²) in [4.78, 5) is 17.7. The molecule has 10 heteroatoms. The number of rotatable bonds is 23. The van der Waals surface area contributed by atoms with Crippen LogP contribution in [-0.2, 0) is 22.9 Å². The Morgan fingerprint density at radius 2 is 1.02 bits per heavy atom. The van der Waals surface area contributed by atoms with E-state index < -0.39 is 10.0 Å². The third-order valence-corrected chi connectivity index (χ3v) is 16.6. The van der Waals surface area contributed by atoms with E-state index in [0.717, 1.165) is 72.0 Å². The van der Waals surface area contributed by atoms with Crippen molar-refractivity contribution in [2.75, 3.05) is 6.54 Å². The molecule has 1 aliphatic rings. The number of amides is 1. The molecule has 1 aliphatic heterocycles. The molecule has 262 valence electrons. The van der Waals surface area contributed by atoms with Gasteiger partial charge in [0, 0.05) is 16.3 Å². The first-order chi connectivity index (χ1) is 22.7. The summed E-state index contributed by atoms with van der Waals surface area (Å²) >= 11 is 12.3. The smallest absolute Gasteiger partial charge is 0.268 e. The van der Waals surface area contributed by atoms with E-state index in [4.69, 9.17) is 0 Å². The monoisotopic (exact) mass is 845 g/mol. The number of unbranched alkanes of at least 4 members (excludes halogenated alkanes) is 15. The molecule has 4 nitrogen and oxygen atoms in total. The highest BCUT2D eigenvalue weighted by atomic mass is 79.9. The van der Waals surface area contributed by atoms with Gasteiger partial charge in [0.15, 0.2) is 0 Å². The van der Waals surface area contributed by atoms with Gasteiger partial charge in [-0.25, -0.2) is 12.7 Å². The third-order valence-electron chi connectivity index (χ3n) is 9.13. The lowest BCUT2D eigenvalue weighted by molar-refractivity contribution is 0.0870. The average molecular weight is 848 g/mol. The van der Waals surface area contributed by atoms with Crippen LogP contribution in [0.15, 0.2) is 24.6 Å². The standard InChI is InChI=1S/C37H53Br2NO3S4/c1-4-7-10-13-16-19-22-27-25-29(44-35(27)38)32-31-34(47(42,43)40(37(31)41)24-21-18-15-12-9-6-3)33(46-32)30-26-28(36(39)45-30)23-20-17-14-11-8-5-2/h25-26H,4-24H2,1-3H3. The number of sulfonamides is 1. The molecule has 0 fully saturated rings. The fraction of sp³-hybridized carbons (Fsp3) is 0.649. The molecule has 0 saturated heterocycles. The molecule has 0 aromatic carbocycles. The van der Waals surface area contributed by atoms with Crippen molar-refractivity contribution < 1.29 is 13.2 Å². The Bertz CT molecular complexity index is 1540. The lowest BCUT2D eigenvalue weighted by Crippen LogP contribution is -2.31. The van der Waals surface area contributed by atoms with Gasteiger partial charge in [-0.15, -0.1) is 34.0 Å². The summed E-state index contributed by atoms with van der Waals surface area (Å²) in [5.74, 6) is -0.351. The first-order valence-corrected chi connectivity index (χ1v) is 23.5. The van der Waals surface area contributed by atoms with Crippen LogP contribution in [0, 0.1) is 0 Å². The topological polar surface area (TPSA) is 54.5 Å². The summed E-state index contributed by atoms with van der Waals surface area (Å²) in [6, 6.07) is 4.36. The second-order valence-electron chi connectivity index (χ2n) is 13.0. The van der Waals surface area contributed by atoms with Crippen LogP contribution in [-0.4, -0.2) is 25.2 Å². The van der Waals surface area contributed by atoms with Crippen molar-refractivity contribution >= 4 is 81.8 Å². The number of thiophene rings is 3. The quantitative estimate of drug-likeness (QED) is 0.0894. The van der Waals surface area contributed by atoms with Gasteiger partial charge >= 0.3 is 0 Å². The lowest BCUT2D eigenvalue weighted by atomic mass is 10.1. The normalized spacial score (nSPS) is 14.1. The molecular formula is C37H53Br2NO3S4. The van der Waals surface area contributed by atoms with Crippen LogP contribution < -0.4 is 0 Å². The van der Waals surface area contributed by atoms with Crippen LogP contribution >= 0.6 is 65.9 Å². The number of nitrogens with zero attached hydrogens (tertiary/aromatic N) is 1. The van der Waals surface area contributed by atoms with Crippen molar-refractivity contribution in [1.29, 1.82) is 0 Å². The summed E-state index contributed by atoms with van der Waals surface area (Å²) in [5.41, 5.74) is 2.87. The minimum Gasteiger partial charge on any atom is -0.268 e. The maximum absolute atomic E-state index is 14.2. The number of carbonyl (C=O) groups is 1. The van der Waals surface area contributed by atoms with E-state index in [1.165, 1.54) is 104 Å². The van der Waals surface area contributed by atoms with Crippen LogP contribution in [0.5, 0.6) is 0 Å². The van der Waals surface area contributed by atoms with Gasteiger partial charge < -0.3 is 0 Å². The lowest BCUT2D eigenvalue weighted by Gasteiger charge is -2.16. The van der Waals surface area contributed by atoms with E-state index in [1.807, 2.05) is 0 Å². The predicted molar refractivity (Wildman–Crippen MR) is 212 cm³/mol. The van der Waals surface area contributed by atoms with Gasteiger partial charge in [-0.05, 0) is 87.2 Å². The van der Waals surface area contributed by atoms with Crippen LogP contribution in [0.2, 0.25) is 0 Å².